The van der Waals surface area contributed by atoms with Crippen molar-refractivity contribution in [3.63, 3.8) is 0 Å². The molecule has 0 N–H and O–H groups in total. The summed E-state index contributed by atoms with van der Waals surface area (Å²) < 4.78 is 6.48. The van der Waals surface area contributed by atoms with Crippen LogP contribution in [0.3, 0.4) is 0 Å². The number of hydrogen-bond acceptors (Lipinski definition) is 8. The lowest BCUT2D eigenvalue weighted by atomic mass is 10.4. The first kappa shape index (κ1) is 22.8. The molecule has 5 rings (SSSR count). The number of anilines is 1. The van der Waals surface area contributed by atoms with E-state index < -0.39 is 0 Å². The maximum Gasteiger partial charge on any atom is 0.326 e. The number of thiazole rings is 2. The van der Waals surface area contributed by atoms with Crippen LogP contribution in [0.1, 0.15) is 13.8 Å². The summed E-state index contributed by atoms with van der Waals surface area (Å²) in [7, 11) is 3.85. The number of fused-ring (bicyclic) bond motifs is 1. The van der Waals surface area contributed by atoms with Crippen LogP contribution in [0.25, 0.3) is 11.0 Å². The topological polar surface area (TPSA) is 74.7 Å². The number of allylic oxidation sites excluding steroid dienone is 1. The lowest BCUT2D eigenvalue weighted by molar-refractivity contribution is -0.658. The standard InChI is InChI=1S/C23H23N6O2S3/c1-5-28-20(30)16(19-25-18-14(32-19)10-9-13-27(18)4)33-22(28)17-21(31)29(6-2)23(34-17)24-15-11-7-8-12-26(15)3/h7-13H,5-6H2,1-4H3/q+1/b19-16+,22-17-. The molecule has 0 aliphatic carbocycles. The molecule has 0 atom stereocenters. The van der Waals surface area contributed by atoms with Gasteiger partial charge in [-0.1, -0.05) is 6.07 Å². The molecule has 174 valence electrons. The molecule has 2 aliphatic rings. The van der Waals surface area contributed by atoms with Crippen molar-refractivity contribution in [1.29, 1.82) is 0 Å². The number of nitrogens with zero attached hydrogens (tertiary/aromatic N) is 6. The van der Waals surface area contributed by atoms with E-state index in [4.69, 9.17) is 9.98 Å². The quantitative estimate of drug-likeness (QED) is 0.500. The molecule has 3 aromatic heterocycles. The SMILES string of the molecule is CCN1C(=O)/C(=c2/s/c(=c3\nc4c(s3)=CC=CN4C)c(=O)n2CC)SC1=Nc1cccc[n+]1C. The fourth-order valence-corrected chi connectivity index (χ4v) is 7.25. The Kier molecular flexibility index (Phi) is 6.00. The molecule has 11 heteroatoms. The van der Waals surface area contributed by atoms with Crippen LogP contribution in [0, 0.1) is 9.20 Å². The van der Waals surface area contributed by atoms with E-state index in [-0.39, 0.29) is 11.5 Å². The second-order valence-corrected chi connectivity index (χ2v) is 10.7. The van der Waals surface area contributed by atoms with E-state index in [1.807, 2.05) is 80.2 Å². The number of thioether (sulfide) groups is 1. The summed E-state index contributed by atoms with van der Waals surface area (Å²) in [6.45, 7) is 4.80. The number of aliphatic imine (C=N–C) groups is 1. The van der Waals surface area contributed by atoms with Crippen molar-refractivity contribution in [2.75, 3.05) is 18.5 Å². The smallest absolute Gasteiger partial charge is 0.326 e. The number of amides is 1. The minimum absolute atomic E-state index is 0.118. The molecule has 0 saturated carbocycles. The summed E-state index contributed by atoms with van der Waals surface area (Å²) in [6.07, 6.45) is 7.82. The Morgan fingerprint density at radius 1 is 1.15 bits per heavy atom. The van der Waals surface area contributed by atoms with Crippen LogP contribution in [0.4, 0.5) is 11.6 Å². The van der Waals surface area contributed by atoms with Gasteiger partial charge in [0.2, 0.25) is 0 Å². The molecule has 2 aliphatic heterocycles. The first-order valence-electron chi connectivity index (χ1n) is 10.8. The Hall–Kier alpha value is -3.02. The zero-order chi connectivity index (χ0) is 24.0. The highest BCUT2D eigenvalue weighted by Gasteiger charge is 2.38. The summed E-state index contributed by atoms with van der Waals surface area (Å²) in [4.78, 5) is 40.4. The van der Waals surface area contributed by atoms with Crippen molar-refractivity contribution in [3.05, 3.63) is 65.4 Å². The van der Waals surface area contributed by atoms with E-state index in [1.165, 1.54) is 34.4 Å². The van der Waals surface area contributed by atoms with E-state index in [9.17, 15) is 9.59 Å². The minimum Gasteiger partial charge on any atom is -0.335 e. The van der Waals surface area contributed by atoms with Gasteiger partial charge in [0.15, 0.2) is 5.82 Å². The van der Waals surface area contributed by atoms with Gasteiger partial charge in [0.1, 0.15) is 18.8 Å². The largest absolute Gasteiger partial charge is 0.335 e. The fourth-order valence-electron chi connectivity index (χ4n) is 3.74. The predicted molar refractivity (Wildman–Crippen MR) is 138 cm³/mol. The Labute approximate surface area is 207 Å². The molecule has 0 spiro atoms. The Morgan fingerprint density at radius 2 is 1.97 bits per heavy atom. The molecule has 1 saturated heterocycles. The van der Waals surface area contributed by atoms with Crippen LogP contribution in [-0.2, 0) is 18.4 Å². The summed E-state index contributed by atoms with van der Waals surface area (Å²) in [5.74, 6) is 1.45. The van der Waals surface area contributed by atoms with Crippen LogP contribution >= 0.6 is 34.4 Å². The number of carbonyl (C=O) groups is 1. The zero-order valence-corrected chi connectivity index (χ0v) is 21.6. The van der Waals surface area contributed by atoms with Gasteiger partial charge in [-0.15, -0.1) is 22.7 Å². The minimum atomic E-state index is -0.129. The molecule has 0 unspecified atom stereocenters. The summed E-state index contributed by atoms with van der Waals surface area (Å²) in [6, 6.07) is 5.75. The second-order valence-electron chi connectivity index (χ2n) is 7.66. The Balaban J connectivity index is 1.74. The third kappa shape index (κ3) is 3.73. The third-order valence-electron chi connectivity index (χ3n) is 5.53. The molecule has 3 aromatic rings. The van der Waals surface area contributed by atoms with Crippen LogP contribution < -0.4 is 24.2 Å². The predicted octanol–water partition coefficient (Wildman–Crippen LogP) is 1.63. The van der Waals surface area contributed by atoms with Crippen molar-refractivity contribution >= 4 is 68.1 Å². The Bertz CT molecular complexity index is 1650. The van der Waals surface area contributed by atoms with Crippen molar-refractivity contribution in [1.82, 2.24) is 14.5 Å². The van der Waals surface area contributed by atoms with E-state index in [0.29, 0.717) is 37.0 Å². The van der Waals surface area contributed by atoms with Gasteiger partial charge < -0.3 is 4.90 Å². The third-order valence-corrected chi connectivity index (χ3v) is 9.07. The number of rotatable bonds is 3. The average Bonchev–Trinajstić information content (AvgIpc) is 3.49. The molecule has 0 bridgehead atoms. The number of carbonyl (C=O) groups excluding carboxylic acids is 1. The number of pyridine rings is 1. The van der Waals surface area contributed by atoms with Crippen molar-refractivity contribution in [3.8, 4) is 0 Å². The molecule has 1 fully saturated rings. The van der Waals surface area contributed by atoms with E-state index in [2.05, 4.69) is 0 Å². The highest BCUT2D eigenvalue weighted by molar-refractivity contribution is 8.23. The maximum atomic E-state index is 13.4. The number of amidine groups is 1. The molecule has 34 heavy (non-hydrogen) atoms. The van der Waals surface area contributed by atoms with Crippen LogP contribution in [0.15, 0.2) is 46.5 Å². The van der Waals surface area contributed by atoms with Gasteiger partial charge in [0, 0.05) is 32.4 Å². The summed E-state index contributed by atoms with van der Waals surface area (Å²) in [5.41, 5.74) is -0.118. The summed E-state index contributed by atoms with van der Waals surface area (Å²) in [5, 5.41) is 0.612. The van der Waals surface area contributed by atoms with Crippen molar-refractivity contribution in [2.24, 2.45) is 12.0 Å². The van der Waals surface area contributed by atoms with E-state index >= 15 is 0 Å². The highest BCUT2D eigenvalue weighted by atomic mass is 32.2. The summed E-state index contributed by atoms with van der Waals surface area (Å²) >= 11 is 4.15. The lowest BCUT2D eigenvalue weighted by Gasteiger charge is -2.11. The van der Waals surface area contributed by atoms with Crippen molar-refractivity contribution in [2.45, 2.75) is 20.4 Å². The van der Waals surface area contributed by atoms with Gasteiger partial charge in [0.05, 0.1) is 17.8 Å². The number of hydrogen-bond donors (Lipinski definition) is 0. The molecule has 1 amide bonds. The second kappa shape index (κ2) is 8.97. The van der Waals surface area contributed by atoms with Crippen molar-refractivity contribution < 1.29 is 9.36 Å². The Morgan fingerprint density at radius 3 is 2.68 bits per heavy atom. The zero-order valence-electron chi connectivity index (χ0n) is 19.2. The molecule has 5 heterocycles. The molecule has 8 nitrogen and oxygen atoms in total. The van der Waals surface area contributed by atoms with Gasteiger partial charge in [-0.2, -0.15) is 0 Å². The molecule has 0 aromatic carbocycles. The van der Waals surface area contributed by atoms with Gasteiger partial charge in [-0.05, 0) is 48.8 Å². The monoisotopic (exact) mass is 511 g/mol. The van der Waals surface area contributed by atoms with E-state index in [1.54, 1.807) is 9.47 Å². The number of aryl methyl sites for hydroxylation is 1. The molecule has 0 radical (unpaired) electrons. The van der Waals surface area contributed by atoms with Crippen LogP contribution in [0.5, 0.6) is 0 Å². The number of aromatic nitrogens is 3. The first-order chi connectivity index (χ1) is 16.4. The van der Waals surface area contributed by atoms with Gasteiger partial charge in [0.25, 0.3) is 16.6 Å². The highest BCUT2D eigenvalue weighted by Crippen LogP contribution is 2.32. The van der Waals surface area contributed by atoms with Gasteiger partial charge >= 0.3 is 5.82 Å². The maximum absolute atomic E-state index is 13.4. The van der Waals surface area contributed by atoms with Gasteiger partial charge in [-0.25, -0.2) is 9.55 Å². The van der Waals surface area contributed by atoms with Crippen LogP contribution in [0.2, 0.25) is 0 Å². The lowest BCUT2D eigenvalue weighted by Crippen LogP contribution is -2.32. The van der Waals surface area contributed by atoms with Gasteiger partial charge in [-0.3, -0.25) is 19.1 Å². The average molecular weight is 512 g/mol. The first-order valence-corrected chi connectivity index (χ1v) is 13.3. The molecular weight excluding hydrogens is 488 g/mol. The molecular formula is C23H23N6O2S3+. The van der Waals surface area contributed by atoms with Crippen LogP contribution in [-0.4, -0.2) is 39.1 Å². The normalized spacial score (nSPS) is 19.2. The van der Waals surface area contributed by atoms with E-state index in [0.717, 1.165) is 16.2 Å². The fraction of sp³-hybridized carbons (Fsp3) is 0.261.